The molecule has 18 heavy (non-hydrogen) atoms. The van der Waals surface area contributed by atoms with E-state index in [-0.39, 0.29) is 11.9 Å². The Morgan fingerprint density at radius 3 is 2.94 bits per heavy atom. The maximum atomic E-state index is 12.1. The molecule has 1 aromatic heterocycles. The van der Waals surface area contributed by atoms with Crippen molar-refractivity contribution in [2.75, 3.05) is 31.3 Å². The van der Waals surface area contributed by atoms with Crippen molar-refractivity contribution in [1.29, 1.82) is 0 Å². The van der Waals surface area contributed by atoms with Crippen LogP contribution in [-0.4, -0.2) is 42.5 Å². The number of carbonyl (C=O) groups excluding carboxylic acids is 1. The van der Waals surface area contributed by atoms with E-state index in [0.29, 0.717) is 5.69 Å². The Morgan fingerprint density at radius 1 is 1.61 bits per heavy atom. The molecule has 98 valence electrons. The summed E-state index contributed by atoms with van der Waals surface area (Å²) in [6, 6.07) is 1.70. The molecule has 2 rings (SSSR count). The minimum atomic E-state index is -0.118. The second-order valence-electron chi connectivity index (χ2n) is 4.66. The summed E-state index contributed by atoms with van der Waals surface area (Å²) in [5.41, 5.74) is 6.29. The van der Waals surface area contributed by atoms with E-state index < -0.39 is 0 Å². The number of likely N-dealkylation sites (N-methyl/N-ethyl adjacent to an activating group) is 1. The van der Waals surface area contributed by atoms with Gasteiger partial charge in [-0.3, -0.25) is 4.79 Å². The lowest BCUT2D eigenvalue weighted by Gasteiger charge is -2.27. The molecule has 5 nitrogen and oxygen atoms in total. The molecule has 1 saturated heterocycles. The predicted octanol–water partition coefficient (Wildman–Crippen LogP) is 1.48. The first-order chi connectivity index (χ1) is 8.50. The van der Waals surface area contributed by atoms with Gasteiger partial charge in [0.1, 0.15) is 11.9 Å². The van der Waals surface area contributed by atoms with Crippen LogP contribution in [0.5, 0.6) is 0 Å². The summed E-state index contributed by atoms with van der Waals surface area (Å²) in [5, 5.41) is 0. The fourth-order valence-electron chi connectivity index (χ4n) is 2.23. The van der Waals surface area contributed by atoms with Gasteiger partial charge in [0.05, 0.1) is 16.4 Å². The van der Waals surface area contributed by atoms with Gasteiger partial charge >= 0.3 is 0 Å². The van der Waals surface area contributed by atoms with Gasteiger partial charge in [-0.15, -0.1) is 0 Å². The smallest absolute Gasteiger partial charge is 0.244 e. The molecule has 0 bridgehead atoms. The molecular weight excluding hydrogens is 296 g/mol. The molecule has 1 aliphatic rings. The van der Waals surface area contributed by atoms with Crippen LogP contribution in [-0.2, 0) is 4.79 Å². The van der Waals surface area contributed by atoms with E-state index in [0.717, 1.165) is 29.7 Å². The van der Waals surface area contributed by atoms with E-state index in [1.165, 1.54) is 0 Å². The van der Waals surface area contributed by atoms with Gasteiger partial charge in [0.25, 0.3) is 0 Å². The molecule has 1 aromatic rings. The standard InChI is InChI=1S/C12H17BrN4O/c1-16(2)12(18)10-4-3-5-17(10)11-9(13)6-8(14)7-15-11/h6-7,10H,3-5,14H2,1-2H3. The summed E-state index contributed by atoms with van der Waals surface area (Å²) < 4.78 is 0.834. The van der Waals surface area contributed by atoms with Crippen LogP contribution in [0.4, 0.5) is 11.5 Å². The van der Waals surface area contributed by atoms with Gasteiger partial charge < -0.3 is 15.5 Å². The monoisotopic (exact) mass is 312 g/mol. The normalized spacial score (nSPS) is 19.1. The van der Waals surface area contributed by atoms with E-state index >= 15 is 0 Å². The van der Waals surface area contributed by atoms with Crippen LogP contribution in [0, 0.1) is 0 Å². The van der Waals surface area contributed by atoms with Crippen LogP contribution < -0.4 is 10.6 Å². The average molecular weight is 313 g/mol. The van der Waals surface area contributed by atoms with Gasteiger partial charge in [-0.25, -0.2) is 4.98 Å². The van der Waals surface area contributed by atoms with Crippen molar-refractivity contribution in [3.63, 3.8) is 0 Å². The number of nitrogen functional groups attached to an aromatic ring is 1. The molecule has 1 amide bonds. The third-order valence-corrected chi connectivity index (χ3v) is 3.68. The molecule has 0 spiro atoms. The zero-order valence-corrected chi connectivity index (χ0v) is 12.1. The Bertz CT molecular complexity index is 463. The van der Waals surface area contributed by atoms with Crippen molar-refractivity contribution in [3.05, 3.63) is 16.7 Å². The number of nitrogens with zero attached hydrogens (tertiary/aromatic N) is 3. The van der Waals surface area contributed by atoms with Crippen LogP contribution >= 0.6 is 15.9 Å². The molecular formula is C12H17BrN4O. The first-order valence-electron chi connectivity index (χ1n) is 5.89. The van der Waals surface area contributed by atoms with Crippen molar-refractivity contribution in [1.82, 2.24) is 9.88 Å². The fourth-order valence-corrected chi connectivity index (χ4v) is 2.83. The number of aromatic nitrogens is 1. The van der Waals surface area contributed by atoms with Crippen LogP contribution in [0.15, 0.2) is 16.7 Å². The lowest BCUT2D eigenvalue weighted by molar-refractivity contribution is -0.129. The Balaban J connectivity index is 2.29. The van der Waals surface area contributed by atoms with Gasteiger partial charge in [-0.05, 0) is 34.8 Å². The number of amides is 1. The average Bonchev–Trinajstić information content (AvgIpc) is 2.76. The number of hydrogen-bond donors (Lipinski definition) is 1. The number of nitrogens with two attached hydrogens (primary N) is 1. The Labute approximate surface area is 115 Å². The highest BCUT2D eigenvalue weighted by Crippen LogP contribution is 2.31. The zero-order valence-electron chi connectivity index (χ0n) is 10.6. The highest BCUT2D eigenvalue weighted by atomic mass is 79.9. The molecule has 2 N–H and O–H groups in total. The fraction of sp³-hybridized carbons (Fsp3) is 0.500. The molecule has 1 unspecified atom stereocenters. The summed E-state index contributed by atoms with van der Waals surface area (Å²) in [6.45, 7) is 0.847. The van der Waals surface area contributed by atoms with Crippen molar-refractivity contribution in [3.8, 4) is 0 Å². The molecule has 0 radical (unpaired) electrons. The molecule has 1 aliphatic heterocycles. The van der Waals surface area contributed by atoms with E-state index in [9.17, 15) is 4.79 Å². The number of anilines is 2. The highest BCUT2D eigenvalue weighted by Gasteiger charge is 2.33. The minimum Gasteiger partial charge on any atom is -0.397 e. The summed E-state index contributed by atoms with van der Waals surface area (Å²) in [6.07, 6.45) is 3.49. The summed E-state index contributed by atoms with van der Waals surface area (Å²) in [4.78, 5) is 20.1. The van der Waals surface area contributed by atoms with Crippen molar-refractivity contribution < 1.29 is 4.79 Å². The van der Waals surface area contributed by atoms with Crippen LogP contribution in [0.2, 0.25) is 0 Å². The summed E-state index contributed by atoms with van der Waals surface area (Å²) >= 11 is 3.46. The third kappa shape index (κ3) is 2.43. The Kier molecular flexibility index (Phi) is 3.75. The molecule has 0 aromatic carbocycles. The first kappa shape index (κ1) is 13.1. The quantitative estimate of drug-likeness (QED) is 0.898. The van der Waals surface area contributed by atoms with Gasteiger partial charge in [0, 0.05) is 20.6 Å². The van der Waals surface area contributed by atoms with Gasteiger partial charge in [0.2, 0.25) is 5.91 Å². The van der Waals surface area contributed by atoms with E-state index in [1.807, 2.05) is 11.0 Å². The minimum absolute atomic E-state index is 0.118. The number of rotatable bonds is 2. The second-order valence-corrected chi connectivity index (χ2v) is 5.51. The summed E-state index contributed by atoms with van der Waals surface area (Å²) in [7, 11) is 3.56. The zero-order chi connectivity index (χ0) is 13.3. The number of hydrogen-bond acceptors (Lipinski definition) is 4. The molecule has 1 atom stereocenters. The van der Waals surface area contributed by atoms with Gasteiger partial charge in [0.15, 0.2) is 0 Å². The molecule has 0 aliphatic carbocycles. The molecule has 1 fully saturated rings. The number of carbonyl (C=O) groups is 1. The lowest BCUT2D eigenvalue weighted by atomic mass is 10.2. The van der Waals surface area contributed by atoms with Gasteiger partial charge in [-0.2, -0.15) is 0 Å². The lowest BCUT2D eigenvalue weighted by Crippen LogP contribution is -2.43. The van der Waals surface area contributed by atoms with E-state index in [1.54, 1.807) is 25.2 Å². The predicted molar refractivity (Wildman–Crippen MR) is 75.4 cm³/mol. The first-order valence-corrected chi connectivity index (χ1v) is 6.69. The van der Waals surface area contributed by atoms with E-state index in [2.05, 4.69) is 20.9 Å². The third-order valence-electron chi connectivity index (χ3n) is 3.09. The topological polar surface area (TPSA) is 62.5 Å². The highest BCUT2D eigenvalue weighted by molar-refractivity contribution is 9.10. The van der Waals surface area contributed by atoms with Crippen molar-refractivity contribution >= 4 is 33.3 Å². The SMILES string of the molecule is CN(C)C(=O)C1CCCN1c1ncc(N)cc1Br. The maximum Gasteiger partial charge on any atom is 0.244 e. The van der Waals surface area contributed by atoms with Crippen molar-refractivity contribution in [2.24, 2.45) is 0 Å². The Hall–Kier alpha value is -1.30. The largest absolute Gasteiger partial charge is 0.397 e. The Morgan fingerprint density at radius 2 is 2.33 bits per heavy atom. The van der Waals surface area contributed by atoms with Crippen LogP contribution in [0.1, 0.15) is 12.8 Å². The molecule has 2 heterocycles. The number of halogens is 1. The van der Waals surface area contributed by atoms with Crippen LogP contribution in [0.3, 0.4) is 0 Å². The van der Waals surface area contributed by atoms with Crippen molar-refractivity contribution in [2.45, 2.75) is 18.9 Å². The number of pyridine rings is 1. The van der Waals surface area contributed by atoms with E-state index in [4.69, 9.17) is 5.73 Å². The van der Waals surface area contributed by atoms with Gasteiger partial charge in [-0.1, -0.05) is 0 Å². The molecule has 0 saturated carbocycles. The maximum absolute atomic E-state index is 12.1. The summed E-state index contributed by atoms with van der Waals surface area (Å²) in [5.74, 6) is 0.917. The molecule has 6 heteroatoms. The second kappa shape index (κ2) is 5.14. The van der Waals surface area contributed by atoms with Crippen LogP contribution in [0.25, 0.3) is 0 Å².